The average Bonchev–Trinajstić information content (AvgIpc) is 2.55. The van der Waals surface area contributed by atoms with Crippen molar-refractivity contribution < 1.29 is 8.42 Å². The fourth-order valence-electron chi connectivity index (χ4n) is 1.56. The molecule has 1 saturated heterocycles. The summed E-state index contributed by atoms with van der Waals surface area (Å²) in [5, 5.41) is 9.38. The maximum atomic E-state index is 11.2. The number of nitrogen functional groups attached to an aromatic ring is 1. The van der Waals surface area contributed by atoms with Gasteiger partial charge in [-0.3, -0.25) is 0 Å². The molecule has 7 nitrogen and oxygen atoms in total. The van der Waals surface area contributed by atoms with Gasteiger partial charge in [0.1, 0.15) is 9.84 Å². The molecule has 2 heterocycles. The lowest BCUT2D eigenvalue weighted by Gasteiger charge is -2.21. The smallest absolute Gasteiger partial charge is 0.243 e. The van der Waals surface area contributed by atoms with Crippen molar-refractivity contribution in [3.05, 3.63) is 0 Å². The number of anilines is 2. The first-order valence-electron chi connectivity index (χ1n) is 4.70. The molecule has 0 spiro atoms. The maximum Gasteiger partial charge on any atom is 0.243 e. The van der Waals surface area contributed by atoms with Crippen molar-refractivity contribution >= 4 is 21.7 Å². The molecule has 0 radical (unpaired) electrons. The van der Waals surface area contributed by atoms with E-state index in [1.54, 1.807) is 0 Å². The number of aromatic nitrogens is 3. The van der Waals surface area contributed by atoms with Crippen LogP contribution in [-0.2, 0) is 9.84 Å². The normalized spacial score (nSPS) is 21.3. The van der Waals surface area contributed by atoms with Crippen LogP contribution in [0.25, 0.3) is 0 Å². The predicted octanol–water partition coefficient (Wildman–Crippen LogP) is -0.624. The molecule has 1 aromatic heterocycles. The first kappa shape index (κ1) is 10.2. The van der Waals surface area contributed by atoms with Gasteiger partial charge in [-0.15, -0.1) is 5.10 Å². The highest BCUT2D eigenvalue weighted by Crippen LogP contribution is 2.15. The fourth-order valence-corrected chi connectivity index (χ4v) is 3.05. The Morgan fingerprint density at radius 1 is 1.40 bits per heavy atom. The van der Waals surface area contributed by atoms with Crippen LogP contribution in [0, 0.1) is 0 Å². The third-order valence-electron chi connectivity index (χ3n) is 2.39. The van der Waals surface area contributed by atoms with Gasteiger partial charge >= 0.3 is 0 Å². The zero-order valence-electron chi connectivity index (χ0n) is 8.10. The van der Waals surface area contributed by atoms with E-state index in [1.165, 1.54) is 0 Å². The summed E-state index contributed by atoms with van der Waals surface area (Å²) in [5.74, 6) is 1.13. The number of nitrogens with one attached hydrogen (secondary N) is 2. The van der Waals surface area contributed by atoms with Crippen LogP contribution in [0.1, 0.15) is 12.8 Å². The van der Waals surface area contributed by atoms with Gasteiger partial charge in [0.05, 0.1) is 11.5 Å². The van der Waals surface area contributed by atoms with Crippen molar-refractivity contribution in [1.29, 1.82) is 0 Å². The molecule has 0 unspecified atom stereocenters. The molecular formula is C7H13N5O2S. The number of sulfone groups is 1. The monoisotopic (exact) mass is 231 g/mol. The second-order valence-corrected chi connectivity index (χ2v) is 5.92. The first-order chi connectivity index (χ1) is 7.05. The molecule has 4 N–H and O–H groups in total. The van der Waals surface area contributed by atoms with Crippen molar-refractivity contribution in [2.75, 3.05) is 22.6 Å². The van der Waals surface area contributed by atoms with Gasteiger partial charge in [0, 0.05) is 6.04 Å². The molecule has 0 saturated carbocycles. The van der Waals surface area contributed by atoms with Gasteiger partial charge in [0.15, 0.2) is 0 Å². The van der Waals surface area contributed by atoms with Gasteiger partial charge in [-0.25, -0.2) is 13.5 Å². The number of nitrogens with zero attached hydrogens (tertiary/aromatic N) is 2. The molecule has 2 rings (SSSR count). The molecule has 1 aliphatic heterocycles. The number of hydrogen-bond donors (Lipinski definition) is 3. The molecule has 0 aliphatic carbocycles. The van der Waals surface area contributed by atoms with Crippen LogP contribution in [0.4, 0.5) is 11.9 Å². The minimum atomic E-state index is -2.82. The summed E-state index contributed by atoms with van der Waals surface area (Å²) in [7, 11) is -2.82. The summed E-state index contributed by atoms with van der Waals surface area (Å²) in [6, 6.07) is 0.115. The van der Waals surface area contributed by atoms with Gasteiger partial charge in [-0.1, -0.05) is 0 Å². The Bertz CT molecular complexity index is 426. The Morgan fingerprint density at radius 3 is 2.60 bits per heavy atom. The molecule has 15 heavy (non-hydrogen) atoms. The second kappa shape index (κ2) is 3.69. The Balaban J connectivity index is 1.92. The zero-order valence-corrected chi connectivity index (χ0v) is 8.92. The largest absolute Gasteiger partial charge is 0.368 e. The zero-order chi connectivity index (χ0) is 10.9. The number of rotatable bonds is 2. The van der Waals surface area contributed by atoms with Crippen LogP contribution in [0.3, 0.4) is 0 Å². The summed E-state index contributed by atoms with van der Waals surface area (Å²) in [4.78, 5) is 3.89. The average molecular weight is 231 g/mol. The third-order valence-corrected chi connectivity index (χ3v) is 4.11. The van der Waals surface area contributed by atoms with Crippen LogP contribution in [0.5, 0.6) is 0 Å². The Labute approximate surface area is 87.4 Å². The summed E-state index contributed by atoms with van der Waals surface area (Å²) < 4.78 is 22.3. The summed E-state index contributed by atoms with van der Waals surface area (Å²) in [5.41, 5.74) is 5.36. The molecule has 84 valence electrons. The molecule has 1 aromatic rings. The molecule has 1 fully saturated rings. The molecule has 8 heteroatoms. The highest BCUT2D eigenvalue weighted by Gasteiger charge is 2.23. The lowest BCUT2D eigenvalue weighted by atomic mass is 10.2. The van der Waals surface area contributed by atoms with E-state index in [9.17, 15) is 8.42 Å². The number of H-pyrrole nitrogens is 1. The van der Waals surface area contributed by atoms with Crippen LogP contribution in [-0.4, -0.2) is 41.1 Å². The van der Waals surface area contributed by atoms with Gasteiger partial charge in [-0.2, -0.15) is 4.98 Å². The minimum absolute atomic E-state index is 0.115. The topological polar surface area (TPSA) is 114 Å². The Hall–Kier alpha value is -1.31. The molecular weight excluding hydrogens is 218 g/mol. The van der Waals surface area contributed by atoms with Gasteiger partial charge in [-0.05, 0) is 12.8 Å². The van der Waals surface area contributed by atoms with Gasteiger partial charge < -0.3 is 11.1 Å². The van der Waals surface area contributed by atoms with E-state index in [-0.39, 0.29) is 23.5 Å². The standard InChI is InChI=1S/C7H13N5O2S/c8-6-10-7(12-11-6)9-5-1-3-15(13,14)4-2-5/h5H,1-4H2,(H4,8,9,10,11,12). The van der Waals surface area contributed by atoms with Crippen molar-refractivity contribution in [2.45, 2.75) is 18.9 Å². The highest BCUT2D eigenvalue weighted by molar-refractivity contribution is 7.91. The molecule has 0 bridgehead atoms. The van der Waals surface area contributed by atoms with Crippen molar-refractivity contribution in [3.8, 4) is 0 Å². The van der Waals surface area contributed by atoms with Gasteiger partial charge in [0.25, 0.3) is 0 Å². The summed E-state index contributed by atoms with van der Waals surface area (Å²) >= 11 is 0. The van der Waals surface area contributed by atoms with E-state index in [2.05, 4.69) is 20.5 Å². The number of aromatic amines is 1. The second-order valence-electron chi connectivity index (χ2n) is 3.61. The van der Waals surface area contributed by atoms with Crippen LogP contribution in [0.15, 0.2) is 0 Å². The van der Waals surface area contributed by atoms with Crippen LogP contribution in [0.2, 0.25) is 0 Å². The Kier molecular flexibility index (Phi) is 2.51. The molecule has 0 aromatic carbocycles. The quantitative estimate of drug-likeness (QED) is 0.624. The van der Waals surface area contributed by atoms with Gasteiger partial charge in [0.2, 0.25) is 11.9 Å². The van der Waals surface area contributed by atoms with E-state index in [0.29, 0.717) is 18.8 Å². The molecule has 0 amide bonds. The fraction of sp³-hybridized carbons (Fsp3) is 0.714. The highest BCUT2D eigenvalue weighted by atomic mass is 32.2. The number of hydrogen-bond acceptors (Lipinski definition) is 6. The number of nitrogens with two attached hydrogens (primary N) is 1. The maximum absolute atomic E-state index is 11.2. The van der Waals surface area contributed by atoms with E-state index in [4.69, 9.17) is 5.73 Å². The molecule has 0 atom stereocenters. The summed E-state index contributed by atoms with van der Waals surface area (Å²) in [6.45, 7) is 0. The lowest BCUT2D eigenvalue weighted by Crippen LogP contribution is -2.32. The van der Waals surface area contributed by atoms with Crippen LogP contribution < -0.4 is 11.1 Å². The van der Waals surface area contributed by atoms with E-state index < -0.39 is 9.84 Å². The molecule has 1 aliphatic rings. The van der Waals surface area contributed by atoms with E-state index in [0.717, 1.165) is 0 Å². The SMILES string of the molecule is Nc1nc(NC2CCS(=O)(=O)CC2)n[nH]1. The first-order valence-corrected chi connectivity index (χ1v) is 6.52. The minimum Gasteiger partial charge on any atom is -0.368 e. The van der Waals surface area contributed by atoms with Crippen molar-refractivity contribution in [1.82, 2.24) is 15.2 Å². The Morgan fingerprint density at radius 2 is 2.07 bits per heavy atom. The third kappa shape index (κ3) is 2.58. The van der Waals surface area contributed by atoms with E-state index >= 15 is 0 Å². The predicted molar refractivity (Wildman–Crippen MR) is 56.1 cm³/mol. The van der Waals surface area contributed by atoms with Crippen LogP contribution >= 0.6 is 0 Å². The summed E-state index contributed by atoms with van der Waals surface area (Å²) in [6.07, 6.45) is 1.19. The van der Waals surface area contributed by atoms with E-state index in [1.807, 2.05) is 0 Å². The van der Waals surface area contributed by atoms with Crippen molar-refractivity contribution in [2.24, 2.45) is 0 Å². The van der Waals surface area contributed by atoms with Crippen molar-refractivity contribution in [3.63, 3.8) is 0 Å². The lowest BCUT2D eigenvalue weighted by molar-refractivity contribution is 0.558.